The van der Waals surface area contributed by atoms with Crippen LogP contribution >= 0.6 is 15.9 Å². The van der Waals surface area contributed by atoms with Crippen LogP contribution < -0.4 is 5.32 Å². The number of nitrogens with zero attached hydrogens (tertiary/aromatic N) is 1. The van der Waals surface area contributed by atoms with Crippen LogP contribution in [0.3, 0.4) is 0 Å². The molecule has 1 aromatic rings. The number of hydrogen-bond donors (Lipinski definition) is 1. The molecule has 0 saturated heterocycles. The smallest absolute Gasteiger partial charge is 0.322 e. The van der Waals surface area contributed by atoms with Crippen molar-refractivity contribution < 1.29 is 14.5 Å². The lowest BCUT2D eigenvalue weighted by atomic mass is 10.0. The van der Waals surface area contributed by atoms with Crippen LogP contribution in [0.2, 0.25) is 0 Å². The van der Waals surface area contributed by atoms with E-state index < -0.39 is 11.0 Å². The predicted molar refractivity (Wildman–Crippen MR) is 82.9 cm³/mol. The number of carbonyl (C=O) groups excluding carboxylic acids is 1. The summed E-state index contributed by atoms with van der Waals surface area (Å²) in [5, 5.41) is 14.1. The molecule has 0 radical (unpaired) electrons. The predicted octanol–water partition coefficient (Wildman–Crippen LogP) is 3.03. The normalized spacial score (nSPS) is 12.2. The Bertz CT molecular complexity index is 520. The Kier molecular flexibility index (Phi) is 6.77. The van der Waals surface area contributed by atoms with Gasteiger partial charge < -0.3 is 10.1 Å². The van der Waals surface area contributed by atoms with Crippen LogP contribution in [0, 0.1) is 16.0 Å². The first-order valence-electron chi connectivity index (χ1n) is 6.59. The zero-order valence-electron chi connectivity index (χ0n) is 12.3. The van der Waals surface area contributed by atoms with Crippen LogP contribution in [0.4, 0.5) is 5.69 Å². The van der Waals surface area contributed by atoms with Crippen LogP contribution in [-0.4, -0.2) is 24.0 Å². The van der Waals surface area contributed by atoms with Gasteiger partial charge in [-0.3, -0.25) is 14.9 Å². The van der Waals surface area contributed by atoms with E-state index in [0.717, 1.165) is 0 Å². The number of nitro benzene ring substituents is 1. The summed E-state index contributed by atoms with van der Waals surface area (Å²) in [5.74, 6) is -0.0510. The van der Waals surface area contributed by atoms with Crippen molar-refractivity contribution in [3.63, 3.8) is 0 Å². The number of methoxy groups -OCH3 is 1. The summed E-state index contributed by atoms with van der Waals surface area (Å²) in [7, 11) is 1.33. The summed E-state index contributed by atoms with van der Waals surface area (Å²) in [6.07, 6.45) is 0.608. The zero-order chi connectivity index (χ0) is 16.0. The molecule has 116 valence electrons. The van der Waals surface area contributed by atoms with Gasteiger partial charge in [-0.15, -0.1) is 0 Å². The minimum Gasteiger partial charge on any atom is -0.468 e. The van der Waals surface area contributed by atoms with E-state index in [0.29, 0.717) is 22.4 Å². The first-order valence-corrected chi connectivity index (χ1v) is 7.38. The van der Waals surface area contributed by atoms with E-state index in [4.69, 9.17) is 4.74 Å². The third kappa shape index (κ3) is 5.43. The number of benzene rings is 1. The molecule has 0 heterocycles. The Morgan fingerprint density at radius 3 is 2.67 bits per heavy atom. The lowest BCUT2D eigenvalue weighted by Crippen LogP contribution is -2.38. The SMILES string of the molecule is COC(=O)C(CC(C)C)NCc1ccc(Br)cc1[N+](=O)[O-]. The van der Waals surface area contributed by atoms with Crippen LogP contribution in [0.25, 0.3) is 0 Å². The Hall–Kier alpha value is -1.47. The van der Waals surface area contributed by atoms with Crippen LogP contribution in [-0.2, 0) is 16.1 Å². The highest BCUT2D eigenvalue weighted by molar-refractivity contribution is 9.10. The van der Waals surface area contributed by atoms with Gasteiger partial charge in [-0.1, -0.05) is 29.8 Å². The molecule has 21 heavy (non-hydrogen) atoms. The number of nitro groups is 1. The number of ether oxygens (including phenoxy) is 1. The lowest BCUT2D eigenvalue weighted by Gasteiger charge is -2.18. The number of hydrogen-bond acceptors (Lipinski definition) is 5. The lowest BCUT2D eigenvalue weighted by molar-refractivity contribution is -0.385. The molecule has 0 aliphatic carbocycles. The van der Waals surface area contributed by atoms with Crippen molar-refractivity contribution in [3.05, 3.63) is 38.3 Å². The van der Waals surface area contributed by atoms with E-state index in [-0.39, 0.29) is 18.2 Å². The van der Waals surface area contributed by atoms with E-state index in [1.54, 1.807) is 12.1 Å². The molecule has 1 N–H and O–H groups in total. The minimum atomic E-state index is -0.474. The Morgan fingerprint density at radius 2 is 2.14 bits per heavy atom. The highest BCUT2D eigenvalue weighted by Crippen LogP contribution is 2.23. The zero-order valence-corrected chi connectivity index (χ0v) is 13.8. The maximum absolute atomic E-state index is 11.7. The Balaban J connectivity index is 2.84. The number of carbonyl (C=O) groups is 1. The molecule has 1 unspecified atom stereocenters. The van der Waals surface area contributed by atoms with Crippen molar-refractivity contribution in [2.75, 3.05) is 7.11 Å². The summed E-state index contributed by atoms with van der Waals surface area (Å²) < 4.78 is 5.40. The molecule has 0 bridgehead atoms. The second-order valence-corrected chi connectivity index (χ2v) is 6.03. The summed E-state index contributed by atoms with van der Waals surface area (Å²) >= 11 is 3.21. The van der Waals surface area contributed by atoms with Gasteiger partial charge in [0.05, 0.1) is 12.0 Å². The average Bonchev–Trinajstić information content (AvgIpc) is 2.42. The van der Waals surface area contributed by atoms with E-state index in [1.165, 1.54) is 13.2 Å². The highest BCUT2D eigenvalue weighted by Gasteiger charge is 2.21. The molecule has 1 rings (SSSR count). The summed E-state index contributed by atoms with van der Waals surface area (Å²) in [5.41, 5.74) is 0.547. The van der Waals surface area contributed by atoms with Crippen molar-refractivity contribution in [2.24, 2.45) is 5.92 Å². The topological polar surface area (TPSA) is 81.5 Å². The van der Waals surface area contributed by atoms with Crippen LogP contribution in [0.5, 0.6) is 0 Å². The van der Waals surface area contributed by atoms with Crippen molar-refractivity contribution >= 4 is 27.6 Å². The van der Waals surface area contributed by atoms with Crippen molar-refractivity contribution in [1.29, 1.82) is 0 Å². The Labute approximate surface area is 132 Å². The van der Waals surface area contributed by atoms with Gasteiger partial charge in [0.15, 0.2) is 0 Å². The Morgan fingerprint density at radius 1 is 1.48 bits per heavy atom. The molecular formula is C14H19BrN2O4. The van der Waals surface area contributed by atoms with Gasteiger partial charge in [-0.05, 0) is 24.5 Å². The fraction of sp³-hybridized carbons (Fsp3) is 0.500. The third-order valence-corrected chi connectivity index (χ3v) is 3.47. The highest BCUT2D eigenvalue weighted by atomic mass is 79.9. The van der Waals surface area contributed by atoms with Crippen molar-refractivity contribution in [2.45, 2.75) is 32.9 Å². The molecular weight excluding hydrogens is 340 g/mol. The summed E-state index contributed by atoms with van der Waals surface area (Å²) in [6.45, 7) is 4.23. The molecule has 6 nitrogen and oxygen atoms in total. The molecule has 0 aliphatic heterocycles. The number of rotatable bonds is 7. The monoisotopic (exact) mass is 358 g/mol. The second-order valence-electron chi connectivity index (χ2n) is 5.12. The van der Waals surface area contributed by atoms with Gasteiger partial charge in [0.2, 0.25) is 0 Å². The molecule has 0 spiro atoms. The summed E-state index contributed by atoms with van der Waals surface area (Å²) in [6, 6.07) is 4.38. The summed E-state index contributed by atoms with van der Waals surface area (Å²) in [4.78, 5) is 22.3. The minimum absolute atomic E-state index is 0.0186. The van der Waals surface area contributed by atoms with Gasteiger partial charge in [0, 0.05) is 22.6 Å². The third-order valence-electron chi connectivity index (χ3n) is 2.98. The fourth-order valence-corrected chi connectivity index (χ4v) is 2.32. The van der Waals surface area contributed by atoms with E-state index >= 15 is 0 Å². The van der Waals surface area contributed by atoms with Gasteiger partial charge in [0.1, 0.15) is 6.04 Å². The maximum atomic E-state index is 11.7. The number of esters is 1. The fourth-order valence-electron chi connectivity index (χ4n) is 1.97. The second kappa shape index (κ2) is 8.09. The molecule has 0 saturated carbocycles. The average molecular weight is 359 g/mol. The molecule has 0 aromatic heterocycles. The maximum Gasteiger partial charge on any atom is 0.322 e. The van der Waals surface area contributed by atoms with Crippen LogP contribution in [0.1, 0.15) is 25.8 Å². The molecule has 0 fully saturated rings. The van der Waals surface area contributed by atoms with Crippen LogP contribution in [0.15, 0.2) is 22.7 Å². The first kappa shape index (κ1) is 17.6. The largest absolute Gasteiger partial charge is 0.468 e. The van der Waals surface area contributed by atoms with E-state index in [9.17, 15) is 14.9 Å². The quantitative estimate of drug-likeness (QED) is 0.460. The molecule has 1 atom stereocenters. The van der Waals surface area contributed by atoms with Gasteiger partial charge in [-0.25, -0.2) is 0 Å². The number of nitrogens with one attached hydrogen (secondary N) is 1. The van der Waals surface area contributed by atoms with E-state index in [2.05, 4.69) is 21.2 Å². The van der Waals surface area contributed by atoms with E-state index in [1.807, 2.05) is 13.8 Å². The number of halogens is 1. The standard InChI is InChI=1S/C14H19BrN2O4/c1-9(2)6-12(14(18)21-3)16-8-10-4-5-11(15)7-13(10)17(19)20/h4-5,7,9,12,16H,6,8H2,1-3H3. The van der Waals surface area contributed by atoms with Gasteiger partial charge in [0.25, 0.3) is 5.69 Å². The van der Waals surface area contributed by atoms with Crippen molar-refractivity contribution in [3.8, 4) is 0 Å². The van der Waals surface area contributed by atoms with Crippen molar-refractivity contribution in [1.82, 2.24) is 5.32 Å². The molecule has 0 amide bonds. The van der Waals surface area contributed by atoms with Gasteiger partial charge >= 0.3 is 5.97 Å². The molecule has 0 aliphatic rings. The first-order chi connectivity index (χ1) is 9.85. The van der Waals surface area contributed by atoms with Gasteiger partial charge in [-0.2, -0.15) is 0 Å². The molecule has 1 aromatic carbocycles. The molecule has 7 heteroatoms.